The standard InChI is InChI=1S/C13H19NO3S/c1-11-12(14(15)16)7-6-8-13(11)17-9-4-2-3-5-10-18/h6-8,18H,2-5,9-10H2,1H3. The predicted molar refractivity (Wildman–Crippen MR) is 75.6 cm³/mol. The summed E-state index contributed by atoms with van der Waals surface area (Å²) in [7, 11) is 0. The number of hydrogen-bond acceptors (Lipinski definition) is 4. The molecule has 0 fully saturated rings. The molecule has 18 heavy (non-hydrogen) atoms. The third-order valence-corrected chi connectivity index (χ3v) is 3.08. The smallest absolute Gasteiger partial charge is 0.276 e. The van der Waals surface area contributed by atoms with Gasteiger partial charge in [-0.1, -0.05) is 18.9 Å². The Bertz CT molecular complexity index is 396. The normalized spacial score (nSPS) is 10.3. The Morgan fingerprint density at radius 1 is 1.28 bits per heavy atom. The van der Waals surface area contributed by atoms with Gasteiger partial charge < -0.3 is 4.74 Å². The van der Waals surface area contributed by atoms with Gasteiger partial charge >= 0.3 is 0 Å². The lowest BCUT2D eigenvalue weighted by Crippen LogP contribution is -2.01. The Morgan fingerprint density at radius 2 is 2.00 bits per heavy atom. The quantitative estimate of drug-likeness (QED) is 0.338. The van der Waals surface area contributed by atoms with Crippen LogP contribution in [0.25, 0.3) is 0 Å². The topological polar surface area (TPSA) is 52.4 Å². The predicted octanol–water partition coefficient (Wildman–Crippen LogP) is 3.77. The maximum atomic E-state index is 10.8. The summed E-state index contributed by atoms with van der Waals surface area (Å²) in [6.07, 6.45) is 4.35. The molecule has 0 saturated carbocycles. The van der Waals surface area contributed by atoms with E-state index in [4.69, 9.17) is 4.74 Å². The number of hydrogen-bond donors (Lipinski definition) is 1. The van der Waals surface area contributed by atoms with Crippen molar-refractivity contribution >= 4 is 18.3 Å². The molecule has 0 bridgehead atoms. The lowest BCUT2D eigenvalue weighted by Gasteiger charge is -2.08. The van der Waals surface area contributed by atoms with Gasteiger partial charge in [0.05, 0.1) is 17.1 Å². The van der Waals surface area contributed by atoms with Crippen LogP contribution in [0, 0.1) is 17.0 Å². The van der Waals surface area contributed by atoms with E-state index in [2.05, 4.69) is 12.6 Å². The first-order chi connectivity index (χ1) is 8.66. The molecule has 100 valence electrons. The molecule has 4 nitrogen and oxygen atoms in total. The van der Waals surface area contributed by atoms with Gasteiger partial charge in [-0.25, -0.2) is 0 Å². The molecule has 1 aromatic rings. The molecular weight excluding hydrogens is 250 g/mol. The van der Waals surface area contributed by atoms with E-state index in [1.54, 1.807) is 19.1 Å². The van der Waals surface area contributed by atoms with Gasteiger partial charge in [-0.15, -0.1) is 0 Å². The second-order valence-electron chi connectivity index (χ2n) is 4.14. The summed E-state index contributed by atoms with van der Waals surface area (Å²) in [6.45, 7) is 2.32. The van der Waals surface area contributed by atoms with Crippen LogP contribution in [0.2, 0.25) is 0 Å². The van der Waals surface area contributed by atoms with Crippen LogP contribution >= 0.6 is 12.6 Å². The van der Waals surface area contributed by atoms with Crippen molar-refractivity contribution in [3.05, 3.63) is 33.9 Å². The number of nitro groups is 1. The van der Waals surface area contributed by atoms with E-state index in [9.17, 15) is 10.1 Å². The second-order valence-corrected chi connectivity index (χ2v) is 4.59. The summed E-state index contributed by atoms with van der Waals surface area (Å²) >= 11 is 4.15. The molecule has 0 radical (unpaired) electrons. The molecule has 1 rings (SSSR count). The Morgan fingerprint density at radius 3 is 2.67 bits per heavy atom. The number of nitro benzene ring substituents is 1. The van der Waals surface area contributed by atoms with Crippen LogP contribution in [-0.2, 0) is 0 Å². The van der Waals surface area contributed by atoms with E-state index >= 15 is 0 Å². The molecule has 0 atom stereocenters. The average molecular weight is 269 g/mol. The van der Waals surface area contributed by atoms with Crippen LogP contribution < -0.4 is 4.74 Å². The minimum atomic E-state index is -0.380. The van der Waals surface area contributed by atoms with Crippen molar-refractivity contribution < 1.29 is 9.66 Å². The summed E-state index contributed by atoms with van der Waals surface area (Å²) in [5.41, 5.74) is 0.709. The van der Waals surface area contributed by atoms with Crippen LogP contribution in [0.5, 0.6) is 5.75 Å². The highest BCUT2D eigenvalue weighted by Gasteiger charge is 2.13. The first-order valence-corrected chi connectivity index (χ1v) is 6.77. The van der Waals surface area contributed by atoms with Gasteiger partial charge in [-0.05, 0) is 31.6 Å². The number of unbranched alkanes of at least 4 members (excludes halogenated alkanes) is 3. The van der Waals surface area contributed by atoms with Crippen LogP contribution in [0.3, 0.4) is 0 Å². The molecule has 0 aliphatic carbocycles. The Labute approximate surface area is 113 Å². The molecule has 0 spiro atoms. The summed E-state index contributed by atoms with van der Waals surface area (Å²) in [5, 5.41) is 10.8. The zero-order valence-electron chi connectivity index (χ0n) is 10.6. The zero-order chi connectivity index (χ0) is 13.4. The summed E-state index contributed by atoms with van der Waals surface area (Å²) in [5.74, 6) is 1.53. The summed E-state index contributed by atoms with van der Waals surface area (Å²) in [4.78, 5) is 10.4. The first-order valence-electron chi connectivity index (χ1n) is 6.14. The van der Waals surface area contributed by atoms with E-state index in [1.807, 2.05) is 0 Å². The van der Waals surface area contributed by atoms with Crippen molar-refractivity contribution in [3.8, 4) is 5.75 Å². The Kier molecular flexibility index (Phi) is 6.57. The maximum Gasteiger partial charge on any atom is 0.276 e. The van der Waals surface area contributed by atoms with Crippen molar-refractivity contribution in [1.82, 2.24) is 0 Å². The zero-order valence-corrected chi connectivity index (χ0v) is 11.5. The van der Waals surface area contributed by atoms with E-state index in [-0.39, 0.29) is 10.6 Å². The lowest BCUT2D eigenvalue weighted by atomic mass is 10.2. The van der Waals surface area contributed by atoms with Gasteiger partial charge in [0.1, 0.15) is 5.75 Å². The maximum absolute atomic E-state index is 10.8. The minimum Gasteiger partial charge on any atom is -0.493 e. The number of rotatable bonds is 8. The van der Waals surface area contributed by atoms with Crippen molar-refractivity contribution in [2.45, 2.75) is 32.6 Å². The number of benzene rings is 1. The third-order valence-electron chi connectivity index (χ3n) is 2.76. The van der Waals surface area contributed by atoms with Crippen molar-refractivity contribution in [2.75, 3.05) is 12.4 Å². The van der Waals surface area contributed by atoms with E-state index < -0.39 is 0 Å². The summed E-state index contributed by atoms with van der Waals surface area (Å²) in [6, 6.07) is 4.92. The highest BCUT2D eigenvalue weighted by Crippen LogP contribution is 2.27. The van der Waals surface area contributed by atoms with Crippen LogP contribution in [0.1, 0.15) is 31.2 Å². The fourth-order valence-corrected chi connectivity index (χ4v) is 1.93. The third kappa shape index (κ3) is 4.56. The molecule has 0 heterocycles. The van der Waals surface area contributed by atoms with Crippen LogP contribution in [-0.4, -0.2) is 17.3 Å². The van der Waals surface area contributed by atoms with Crippen LogP contribution in [0.15, 0.2) is 18.2 Å². The molecule has 1 aromatic carbocycles. The molecular formula is C13H19NO3S. The average Bonchev–Trinajstić information content (AvgIpc) is 2.35. The molecule has 0 unspecified atom stereocenters. The molecule has 0 N–H and O–H groups in total. The van der Waals surface area contributed by atoms with Gasteiger partial charge in [-0.3, -0.25) is 10.1 Å². The largest absolute Gasteiger partial charge is 0.493 e. The van der Waals surface area contributed by atoms with E-state index in [0.29, 0.717) is 17.9 Å². The van der Waals surface area contributed by atoms with Gasteiger partial charge in [0.2, 0.25) is 0 Å². The van der Waals surface area contributed by atoms with Crippen molar-refractivity contribution in [2.24, 2.45) is 0 Å². The molecule has 0 aliphatic heterocycles. The highest BCUT2D eigenvalue weighted by atomic mass is 32.1. The van der Waals surface area contributed by atoms with E-state index in [0.717, 1.165) is 31.4 Å². The fourth-order valence-electron chi connectivity index (χ4n) is 1.71. The van der Waals surface area contributed by atoms with Crippen LogP contribution in [0.4, 0.5) is 5.69 Å². The molecule has 0 saturated heterocycles. The first kappa shape index (κ1) is 14.8. The molecule has 0 aromatic heterocycles. The summed E-state index contributed by atoms with van der Waals surface area (Å²) < 4.78 is 5.58. The van der Waals surface area contributed by atoms with Gasteiger partial charge in [0.15, 0.2) is 0 Å². The number of ether oxygens (including phenoxy) is 1. The monoisotopic (exact) mass is 269 g/mol. The Balaban J connectivity index is 2.43. The molecule has 5 heteroatoms. The molecule has 0 aliphatic rings. The van der Waals surface area contributed by atoms with Crippen molar-refractivity contribution in [3.63, 3.8) is 0 Å². The van der Waals surface area contributed by atoms with E-state index in [1.165, 1.54) is 6.07 Å². The van der Waals surface area contributed by atoms with Gasteiger partial charge in [0.25, 0.3) is 5.69 Å². The highest BCUT2D eigenvalue weighted by molar-refractivity contribution is 7.80. The van der Waals surface area contributed by atoms with Crippen molar-refractivity contribution in [1.29, 1.82) is 0 Å². The number of nitrogens with zero attached hydrogens (tertiary/aromatic N) is 1. The molecule has 0 amide bonds. The number of thiol groups is 1. The lowest BCUT2D eigenvalue weighted by molar-refractivity contribution is -0.385. The fraction of sp³-hybridized carbons (Fsp3) is 0.538. The SMILES string of the molecule is Cc1c(OCCCCCCS)cccc1[N+](=O)[O-]. The van der Waals surface area contributed by atoms with Gasteiger partial charge in [-0.2, -0.15) is 12.6 Å². The minimum absolute atomic E-state index is 0.113. The van der Waals surface area contributed by atoms with Gasteiger partial charge in [0, 0.05) is 6.07 Å². The second kappa shape index (κ2) is 7.97. The Hall–Kier alpha value is -1.23.